The summed E-state index contributed by atoms with van der Waals surface area (Å²) in [5.74, 6) is 2.78. The molecule has 1 N–H and O–H groups in total. The van der Waals surface area contributed by atoms with Crippen LogP contribution in [0.1, 0.15) is 23.0 Å². The van der Waals surface area contributed by atoms with Crippen LogP contribution in [0.4, 0.5) is 0 Å². The Morgan fingerprint density at radius 3 is 2.72 bits per heavy atom. The van der Waals surface area contributed by atoms with E-state index in [0.717, 1.165) is 22.7 Å². The molecule has 0 aliphatic carbocycles. The summed E-state index contributed by atoms with van der Waals surface area (Å²) in [6.07, 6.45) is 1.63. The Morgan fingerprint density at radius 2 is 2.00 bits per heavy atom. The Labute approximate surface area is 150 Å². The first kappa shape index (κ1) is 17.3. The predicted octanol–water partition coefficient (Wildman–Crippen LogP) is 3.50. The van der Waals surface area contributed by atoms with Crippen LogP contribution >= 0.6 is 11.8 Å². The maximum atomic E-state index is 11.9. The van der Waals surface area contributed by atoms with Crippen LogP contribution in [0, 0.1) is 13.8 Å². The largest absolute Gasteiger partial charge is 0.444 e. The van der Waals surface area contributed by atoms with E-state index in [1.807, 2.05) is 44.2 Å². The molecule has 130 valence electrons. The van der Waals surface area contributed by atoms with E-state index in [4.69, 9.17) is 8.83 Å². The summed E-state index contributed by atoms with van der Waals surface area (Å²) < 4.78 is 10.9. The van der Waals surface area contributed by atoms with Gasteiger partial charge in [0.25, 0.3) is 0 Å². The second-order valence-electron chi connectivity index (χ2n) is 5.53. The van der Waals surface area contributed by atoms with Crippen molar-refractivity contribution in [2.24, 2.45) is 0 Å². The van der Waals surface area contributed by atoms with E-state index in [-0.39, 0.29) is 5.91 Å². The van der Waals surface area contributed by atoms with Gasteiger partial charge in [-0.2, -0.15) is 0 Å². The quantitative estimate of drug-likeness (QED) is 0.697. The van der Waals surface area contributed by atoms with Crippen molar-refractivity contribution < 1.29 is 13.6 Å². The number of carbonyl (C=O) groups is 1. The Morgan fingerprint density at radius 1 is 1.20 bits per heavy atom. The monoisotopic (exact) mass is 357 g/mol. The Balaban J connectivity index is 1.42. The lowest BCUT2D eigenvalue weighted by molar-refractivity contribution is -0.118. The average molecular weight is 357 g/mol. The van der Waals surface area contributed by atoms with E-state index in [9.17, 15) is 4.79 Å². The fraction of sp³-hybridized carbons (Fsp3) is 0.278. The zero-order valence-corrected chi connectivity index (χ0v) is 14.9. The van der Waals surface area contributed by atoms with Gasteiger partial charge in [-0.25, -0.2) is 9.97 Å². The van der Waals surface area contributed by atoms with Crippen LogP contribution in [-0.2, 0) is 17.1 Å². The number of aromatic nitrogens is 2. The first-order chi connectivity index (χ1) is 12.1. The van der Waals surface area contributed by atoms with Crippen molar-refractivity contribution in [1.29, 1.82) is 0 Å². The van der Waals surface area contributed by atoms with E-state index in [1.165, 1.54) is 11.8 Å². The molecule has 3 rings (SSSR count). The molecule has 2 heterocycles. The molecule has 0 radical (unpaired) electrons. The van der Waals surface area contributed by atoms with Gasteiger partial charge in [0, 0.05) is 11.3 Å². The van der Waals surface area contributed by atoms with Crippen LogP contribution < -0.4 is 5.32 Å². The molecule has 0 saturated carbocycles. The summed E-state index contributed by atoms with van der Waals surface area (Å²) in [6.45, 7) is 4.03. The van der Waals surface area contributed by atoms with Gasteiger partial charge in [-0.05, 0) is 26.0 Å². The third kappa shape index (κ3) is 4.73. The second-order valence-corrected chi connectivity index (χ2v) is 6.51. The molecule has 0 aliphatic rings. The maximum absolute atomic E-state index is 11.9. The highest BCUT2D eigenvalue weighted by Crippen LogP contribution is 2.20. The molecule has 3 aromatic rings. The van der Waals surface area contributed by atoms with Crippen LogP contribution in [0.5, 0.6) is 0 Å². The number of thioether (sulfide) groups is 1. The lowest BCUT2D eigenvalue weighted by Crippen LogP contribution is -2.24. The van der Waals surface area contributed by atoms with Gasteiger partial charge in [-0.3, -0.25) is 4.79 Å². The number of hydrogen-bond acceptors (Lipinski definition) is 6. The van der Waals surface area contributed by atoms with Crippen molar-refractivity contribution in [2.45, 2.75) is 26.1 Å². The first-order valence-electron chi connectivity index (χ1n) is 7.89. The van der Waals surface area contributed by atoms with Gasteiger partial charge < -0.3 is 14.2 Å². The van der Waals surface area contributed by atoms with Crippen molar-refractivity contribution in [3.8, 4) is 11.5 Å². The summed E-state index contributed by atoms with van der Waals surface area (Å²) in [5.41, 5.74) is 2.60. The minimum atomic E-state index is -0.0646. The Hall–Kier alpha value is -2.54. The number of hydrogen-bond donors (Lipinski definition) is 1. The fourth-order valence-corrected chi connectivity index (χ4v) is 2.91. The van der Waals surface area contributed by atoms with Crippen molar-refractivity contribution in [3.63, 3.8) is 0 Å². The van der Waals surface area contributed by atoms with Gasteiger partial charge in [0.15, 0.2) is 0 Å². The Kier molecular flexibility index (Phi) is 5.55. The number of amides is 1. The second kappa shape index (κ2) is 8.02. The van der Waals surface area contributed by atoms with Gasteiger partial charge in [0.1, 0.15) is 12.0 Å². The lowest BCUT2D eigenvalue weighted by atomic mass is 10.2. The number of rotatable bonds is 7. The molecular weight excluding hydrogens is 338 g/mol. The van der Waals surface area contributed by atoms with E-state index in [0.29, 0.717) is 29.8 Å². The van der Waals surface area contributed by atoms with Crippen LogP contribution in [-0.4, -0.2) is 21.6 Å². The summed E-state index contributed by atoms with van der Waals surface area (Å²) in [4.78, 5) is 20.5. The third-order valence-corrected chi connectivity index (χ3v) is 4.53. The van der Waals surface area contributed by atoms with Crippen LogP contribution in [0.25, 0.3) is 11.5 Å². The van der Waals surface area contributed by atoms with E-state index >= 15 is 0 Å². The molecule has 2 aromatic heterocycles. The van der Waals surface area contributed by atoms with E-state index < -0.39 is 0 Å². The summed E-state index contributed by atoms with van der Waals surface area (Å²) >= 11 is 1.48. The molecule has 7 heteroatoms. The highest BCUT2D eigenvalue weighted by Gasteiger charge is 2.09. The van der Waals surface area contributed by atoms with E-state index in [2.05, 4.69) is 15.3 Å². The SMILES string of the molecule is Cc1nc(CNC(=O)CSCc2coc(-c3ccccc3)n2)oc1C. The molecule has 0 aliphatic heterocycles. The van der Waals surface area contributed by atoms with Gasteiger partial charge in [-0.15, -0.1) is 11.8 Å². The molecule has 1 aromatic carbocycles. The minimum absolute atomic E-state index is 0.0646. The maximum Gasteiger partial charge on any atom is 0.230 e. The molecule has 25 heavy (non-hydrogen) atoms. The highest BCUT2D eigenvalue weighted by atomic mass is 32.2. The molecule has 0 fully saturated rings. The highest BCUT2D eigenvalue weighted by molar-refractivity contribution is 7.99. The molecule has 0 atom stereocenters. The van der Waals surface area contributed by atoms with Crippen LogP contribution in [0.2, 0.25) is 0 Å². The number of oxazole rings is 2. The van der Waals surface area contributed by atoms with Gasteiger partial charge in [0.2, 0.25) is 17.7 Å². The lowest BCUT2D eigenvalue weighted by Gasteiger charge is -2.01. The zero-order valence-electron chi connectivity index (χ0n) is 14.1. The molecule has 0 saturated heterocycles. The van der Waals surface area contributed by atoms with E-state index in [1.54, 1.807) is 6.26 Å². The number of benzene rings is 1. The van der Waals surface area contributed by atoms with Gasteiger partial charge in [0.05, 0.1) is 23.7 Å². The van der Waals surface area contributed by atoms with Crippen LogP contribution in [0.3, 0.4) is 0 Å². The summed E-state index contributed by atoms with van der Waals surface area (Å²) in [6, 6.07) is 9.72. The standard InChI is InChI=1S/C18H19N3O3S/c1-12-13(2)24-17(20-12)8-19-16(22)11-25-10-15-9-23-18(21-15)14-6-4-3-5-7-14/h3-7,9H,8,10-11H2,1-2H3,(H,19,22). The number of carbonyl (C=O) groups excluding carboxylic acids is 1. The van der Waals surface area contributed by atoms with Crippen molar-refractivity contribution in [2.75, 3.05) is 5.75 Å². The first-order valence-corrected chi connectivity index (χ1v) is 9.04. The zero-order chi connectivity index (χ0) is 17.6. The average Bonchev–Trinajstić information content (AvgIpc) is 3.21. The van der Waals surface area contributed by atoms with Gasteiger partial charge in [-0.1, -0.05) is 18.2 Å². The molecule has 0 unspecified atom stereocenters. The predicted molar refractivity (Wildman–Crippen MR) is 95.9 cm³/mol. The molecular formula is C18H19N3O3S. The molecule has 1 amide bonds. The smallest absolute Gasteiger partial charge is 0.230 e. The third-order valence-electron chi connectivity index (χ3n) is 3.57. The minimum Gasteiger partial charge on any atom is -0.444 e. The van der Waals surface area contributed by atoms with Gasteiger partial charge >= 0.3 is 0 Å². The fourth-order valence-electron chi connectivity index (χ4n) is 2.17. The van der Waals surface area contributed by atoms with Crippen molar-refractivity contribution >= 4 is 17.7 Å². The number of aryl methyl sites for hydroxylation is 2. The number of nitrogens with zero attached hydrogens (tertiary/aromatic N) is 2. The summed E-state index contributed by atoms with van der Waals surface area (Å²) in [7, 11) is 0. The van der Waals surface area contributed by atoms with Crippen molar-refractivity contribution in [1.82, 2.24) is 15.3 Å². The van der Waals surface area contributed by atoms with Crippen LogP contribution in [0.15, 0.2) is 45.4 Å². The normalized spacial score (nSPS) is 10.8. The van der Waals surface area contributed by atoms with Crippen molar-refractivity contribution in [3.05, 3.63) is 59.6 Å². The Bertz CT molecular complexity index is 823. The number of nitrogens with one attached hydrogen (secondary N) is 1. The summed E-state index contributed by atoms with van der Waals surface area (Å²) in [5, 5.41) is 2.80. The molecule has 0 bridgehead atoms. The molecule has 6 nitrogen and oxygen atoms in total. The topological polar surface area (TPSA) is 81.2 Å². The molecule has 0 spiro atoms.